The van der Waals surface area contributed by atoms with Crippen molar-refractivity contribution in [3.8, 4) is 17.2 Å². The monoisotopic (exact) mass is 600 g/mol. The van der Waals surface area contributed by atoms with Crippen LogP contribution in [0, 0.1) is 5.92 Å². The van der Waals surface area contributed by atoms with Gasteiger partial charge in [-0.05, 0) is 63.4 Å². The number of amides is 1. The molecule has 2 heterocycles. The number of piperidine rings is 1. The first-order valence-electron chi connectivity index (χ1n) is 12.7. The third-order valence-corrected chi connectivity index (χ3v) is 9.74. The normalized spacial score (nSPS) is 22.4. The molecule has 0 aliphatic carbocycles. The van der Waals surface area contributed by atoms with Gasteiger partial charge in [-0.3, -0.25) is 4.79 Å². The van der Waals surface area contributed by atoms with Gasteiger partial charge in [-0.25, -0.2) is 8.42 Å². The van der Waals surface area contributed by atoms with Crippen molar-refractivity contribution < 1.29 is 32.5 Å². The lowest BCUT2D eigenvalue weighted by atomic mass is 9.80. The molecule has 2 saturated heterocycles. The van der Waals surface area contributed by atoms with Crippen LogP contribution >= 0.6 is 23.2 Å². The molecule has 214 valence electrons. The van der Waals surface area contributed by atoms with E-state index in [4.69, 9.17) is 37.4 Å². The van der Waals surface area contributed by atoms with Gasteiger partial charge in [-0.2, -0.15) is 4.31 Å². The van der Waals surface area contributed by atoms with E-state index in [-0.39, 0.29) is 40.5 Å². The molecule has 12 heteroatoms. The van der Waals surface area contributed by atoms with Crippen molar-refractivity contribution in [3.05, 3.63) is 46.4 Å². The SMILES string of the molecule is COc1ccc(OCCN2C[C@H](C(C)(C)O)C3CCCC(C2=O)N3S(=O)(=O)c2cc(Cl)cc(Cl)c2)cc1OC. The number of fused-ring (bicyclic) bond motifs is 2. The quantitative estimate of drug-likeness (QED) is 0.459. The molecule has 0 spiro atoms. The predicted octanol–water partition coefficient (Wildman–Crippen LogP) is 4.23. The number of benzene rings is 2. The van der Waals surface area contributed by atoms with Gasteiger partial charge in [0.1, 0.15) is 18.4 Å². The maximum Gasteiger partial charge on any atom is 0.244 e. The molecule has 9 nitrogen and oxygen atoms in total. The molecule has 4 rings (SSSR count). The van der Waals surface area contributed by atoms with Crippen molar-refractivity contribution >= 4 is 39.1 Å². The maximum absolute atomic E-state index is 14.0. The smallest absolute Gasteiger partial charge is 0.244 e. The summed E-state index contributed by atoms with van der Waals surface area (Å²) in [5, 5.41) is 11.5. The number of ether oxygens (including phenoxy) is 3. The fourth-order valence-corrected chi connectivity index (χ4v) is 8.09. The lowest BCUT2D eigenvalue weighted by Crippen LogP contribution is -2.57. The second-order valence-corrected chi connectivity index (χ2v) is 13.1. The first-order chi connectivity index (χ1) is 18.4. The van der Waals surface area contributed by atoms with Crippen molar-refractivity contribution in [2.24, 2.45) is 5.92 Å². The van der Waals surface area contributed by atoms with E-state index >= 15 is 0 Å². The number of carbonyl (C=O) groups excluding carboxylic acids is 1. The molecule has 0 aromatic heterocycles. The van der Waals surface area contributed by atoms with E-state index in [2.05, 4.69) is 0 Å². The minimum absolute atomic E-state index is 0.0792. The third kappa shape index (κ3) is 6.25. The molecule has 2 aliphatic rings. The molecule has 2 unspecified atom stereocenters. The highest BCUT2D eigenvalue weighted by Gasteiger charge is 2.53. The molecule has 2 aromatic rings. The van der Waals surface area contributed by atoms with Gasteiger partial charge in [0.2, 0.25) is 15.9 Å². The Labute approximate surface area is 239 Å². The first kappa shape index (κ1) is 29.7. The van der Waals surface area contributed by atoms with E-state index in [1.807, 2.05) is 0 Å². The molecule has 1 amide bonds. The molecule has 2 fully saturated rings. The van der Waals surface area contributed by atoms with Crippen molar-refractivity contribution in [1.82, 2.24) is 9.21 Å². The van der Waals surface area contributed by atoms with E-state index in [1.165, 1.54) is 29.6 Å². The number of aliphatic hydroxyl groups is 1. The van der Waals surface area contributed by atoms with Gasteiger partial charge in [-0.15, -0.1) is 0 Å². The number of halogens is 2. The Morgan fingerprint density at radius 1 is 1.03 bits per heavy atom. The van der Waals surface area contributed by atoms with Gasteiger partial charge in [-0.1, -0.05) is 23.2 Å². The van der Waals surface area contributed by atoms with Crippen LogP contribution in [0.2, 0.25) is 10.0 Å². The number of hydrogen-bond donors (Lipinski definition) is 1. The molecule has 1 N–H and O–H groups in total. The standard InChI is InChI=1S/C27H34Cl2N2O7S/c1-27(2,33)21-16-30(10-11-38-19-8-9-24(36-3)25(15-19)37-4)26(32)23-7-5-6-22(21)31(23)39(34,35)20-13-17(28)12-18(29)14-20/h8-9,12-15,21-23,33H,5-7,10-11,16H2,1-4H3/t21-,22?,23?/m0/s1. The maximum atomic E-state index is 14.0. The minimum Gasteiger partial charge on any atom is -0.493 e. The summed E-state index contributed by atoms with van der Waals surface area (Å²) >= 11 is 12.3. The zero-order valence-corrected chi connectivity index (χ0v) is 24.7. The molecule has 39 heavy (non-hydrogen) atoms. The summed E-state index contributed by atoms with van der Waals surface area (Å²) in [6, 6.07) is 7.78. The number of nitrogens with zero attached hydrogens (tertiary/aromatic N) is 2. The van der Waals surface area contributed by atoms with Gasteiger partial charge in [0, 0.05) is 34.6 Å². The van der Waals surface area contributed by atoms with Gasteiger partial charge in [0.05, 0.1) is 31.3 Å². The lowest BCUT2D eigenvalue weighted by molar-refractivity contribution is -0.135. The first-order valence-corrected chi connectivity index (χ1v) is 14.9. The second kappa shape index (κ2) is 11.7. The van der Waals surface area contributed by atoms with Crippen LogP contribution in [-0.2, 0) is 14.8 Å². The number of carbonyl (C=O) groups is 1. The predicted molar refractivity (Wildman–Crippen MR) is 148 cm³/mol. The Bertz CT molecular complexity index is 1300. The molecule has 0 saturated carbocycles. The number of sulfonamides is 1. The van der Waals surface area contributed by atoms with E-state index in [0.29, 0.717) is 36.5 Å². The largest absolute Gasteiger partial charge is 0.493 e. The van der Waals surface area contributed by atoms with Crippen molar-refractivity contribution in [2.45, 2.75) is 55.7 Å². The van der Waals surface area contributed by atoms with Crippen LogP contribution in [0.1, 0.15) is 33.1 Å². The van der Waals surface area contributed by atoms with Crippen LogP contribution in [0.5, 0.6) is 17.2 Å². The highest BCUT2D eigenvalue weighted by Crippen LogP contribution is 2.41. The topological polar surface area (TPSA) is 106 Å². The summed E-state index contributed by atoms with van der Waals surface area (Å²) in [5.41, 5.74) is -1.26. The van der Waals surface area contributed by atoms with E-state index < -0.39 is 33.6 Å². The van der Waals surface area contributed by atoms with Gasteiger partial charge in [0.25, 0.3) is 0 Å². The van der Waals surface area contributed by atoms with E-state index in [1.54, 1.807) is 44.1 Å². The summed E-state index contributed by atoms with van der Waals surface area (Å²) in [7, 11) is -1.09. The second-order valence-electron chi connectivity index (χ2n) is 10.4. The van der Waals surface area contributed by atoms with Crippen LogP contribution in [0.25, 0.3) is 0 Å². The van der Waals surface area contributed by atoms with Crippen LogP contribution in [-0.4, -0.2) is 80.2 Å². The molecule has 2 bridgehead atoms. The highest BCUT2D eigenvalue weighted by molar-refractivity contribution is 7.89. The average Bonchev–Trinajstić information content (AvgIpc) is 2.94. The van der Waals surface area contributed by atoms with Crippen molar-refractivity contribution in [2.75, 3.05) is 33.9 Å². The van der Waals surface area contributed by atoms with Crippen LogP contribution in [0.4, 0.5) is 0 Å². The molecule has 2 aromatic carbocycles. The van der Waals surface area contributed by atoms with Crippen molar-refractivity contribution in [3.63, 3.8) is 0 Å². The minimum atomic E-state index is -4.17. The summed E-state index contributed by atoms with van der Waals surface area (Å²) in [4.78, 5) is 15.4. The number of rotatable bonds is 9. The summed E-state index contributed by atoms with van der Waals surface area (Å²) in [5.74, 6) is 0.750. The summed E-state index contributed by atoms with van der Waals surface area (Å²) in [6.07, 6.45) is 1.54. The zero-order valence-electron chi connectivity index (χ0n) is 22.4. The molecule has 2 aliphatic heterocycles. The highest BCUT2D eigenvalue weighted by atomic mass is 35.5. The summed E-state index contributed by atoms with van der Waals surface area (Å²) < 4.78 is 45.8. The Morgan fingerprint density at radius 3 is 2.31 bits per heavy atom. The van der Waals surface area contributed by atoms with E-state index in [0.717, 1.165) is 0 Å². The Kier molecular flexibility index (Phi) is 8.92. The molecule has 0 radical (unpaired) electrons. The molecular formula is C27H34Cl2N2O7S. The third-order valence-electron chi connectivity index (χ3n) is 7.39. The van der Waals surface area contributed by atoms with Gasteiger partial charge in [0.15, 0.2) is 11.5 Å². The fraction of sp³-hybridized carbons (Fsp3) is 0.519. The average molecular weight is 602 g/mol. The van der Waals surface area contributed by atoms with Gasteiger partial charge < -0.3 is 24.2 Å². The van der Waals surface area contributed by atoms with Crippen LogP contribution < -0.4 is 14.2 Å². The Balaban J connectivity index is 1.63. The Hall–Kier alpha value is -2.24. The lowest BCUT2D eigenvalue weighted by Gasteiger charge is -2.43. The molecule has 3 atom stereocenters. The van der Waals surface area contributed by atoms with Crippen molar-refractivity contribution in [1.29, 1.82) is 0 Å². The number of hydrogen-bond acceptors (Lipinski definition) is 7. The molecular weight excluding hydrogens is 567 g/mol. The Morgan fingerprint density at radius 2 is 1.69 bits per heavy atom. The van der Waals surface area contributed by atoms with Gasteiger partial charge >= 0.3 is 0 Å². The fourth-order valence-electron chi connectivity index (χ4n) is 5.50. The van der Waals surface area contributed by atoms with Crippen LogP contribution in [0.3, 0.4) is 0 Å². The zero-order chi connectivity index (χ0) is 28.5. The van der Waals surface area contributed by atoms with Crippen LogP contribution in [0.15, 0.2) is 41.3 Å². The number of methoxy groups -OCH3 is 2. The van der Waals surface area contributed by atoms with E-state index in [9.17, 15) is 18.3 Å². The summed E-state index contributed by atoms with van der Waals surface area (Å²) in [6.45, 7) is 3.85.